The molecule has 0 saturated carbocycles. The third-order valence-electron chi connectivity index (χ3n) is 3.33. The van der Waals surface area contributed by atoms with Crippen LogP contribution in [-0.2, 0) is 4.79 Å². The van der Waals surface area contributed by atoms with Crippen molar-refractivity contribution in [1.29, 1.82) is 0 Å². The van der Waals surface area contributed by atoms with Crippen molar-refractivity contribution >= 4 is 17.4 Å². The van der Waals surface area contributed by atoms with E-state index in [0.29, 0.717) is 12.1 Å². The number of nitrogens with zero attached hydrogens (tertiary/aromatic N) is 2. The molecule has 0 fully saturated rings. The van der Waals surface area contributed by atoms with Crippen LogP contribution in [0, 0.1) is 0 Å². The molecular formula is C17H14N2O2. The maximum Gasteiger partial charge on any atom is 0.333 e. The Kier molecular flexibility index (Phi) is 3.51. The number of carboxylic acids is 1. The van der Waals surface area contributed by atoms with Crippen LogP contribution >= 0.6 is 0 Å². The minimum absolute atomic E-state index is 0.321. The molecule has 0 atom stereocenters. The largest absolute Gasteiger partial charge is 0.478 e. The molecular weight excluding hydrogens is 264 g/mol. The molecule has 0 unspecified atom stereocenters. The Morgan fingerprint density at radius 2 is 1.81 bits per heavy atom. The highest BCUT2D eigenvalue weighted by molar-refractivity contribution is 5.93. The molecule has 3 rings (SSSR count). The molecule has 2 heterocycles. The van der Waals surface area contributed by atoms with Gasteiger partial charge in [-0.2, -0.15) is 0 Å². The van der Waals surface area contributed by atoms with Crippen LogP contribution in [0.25, 0.3) is 5.70 Å². The number of anilines is 1. The van der Waals surface area contributed by atoms with Gasteiger partial charge in [0.2, 0.25) is 0 Å². The third kappa shape index (κ3) is 2.69. The SMILES string of the molecule is O=C(O)C1=CC=C(c2ccccn2)N(c2ccccc2)C1. The fraction of sp³-hybridized carbons (Fsp3) is 0.0588. The van der Waals surface area contributed by atoms with E-state index < -0.39 is 5.97 Å². The zero-order chi connectivity index (χ0) is 14.7. The second kappa shape index (κ2) is 5.63. The predicted molar refractivity (Wildman–Crippen MR) is 81.7 cm³/mol. The highest BCUT2D eigenvalue weighted by Crippen LogP contribution is 2.29. The maximum absolute atomic E-state index is 11.2. The standard InChI is InChI=1S/C17H14N2O2/c20-17(21)13-9-10-16(15-8-4-5-11-18-15)19(12-13)14-6-2-1-3-7-14/h1-11H,12H2,(H,20,21). The van der Waals surface area contributed by atoms with Crippen molar-refractivity contribution in [3.8, 4) is 0 Å². The summed E-state index contributed by atoms with van der Waals surface area (Å²) in [4.78, 5) is 17.6. The second-order valence-corrected chi connectivity index (χ2v) is 4.69. The molecule has 21 heavy (non-hydrogen) atoms. The molecule has 0 radical (unpaired) electrons. The highest BCUT2D eigenvalue weighted by atomic mass is 16.4. The molecule has 4 heteroatoms. The zero-order valence-electron chi connectivity index (χ0n) is 11.3. The summed E-state index contributed by atoms with van der Waals surface area (Å²) in [6.07, 6.45) is 5.18. The molecule has 0 spiro atoms. The van der Waals surface area contributed by atoms with Gasteiger partial charge < -0.3 is 10.0 Å². The lowest BCUT2D eigenvalue weighted by Gasteiger charge is -2.29. The van der Waals surface area contributed by atoms with E-state index in [2.05, 4.69) is 4.98 Å². The normalized spacial score (nSPS) is 14.4. The van der Waals surface area contributed by atoms with Crippen LogP contribution in [0.1, 0.15) is 5.69 Å². The van der Waals surface area contributed by atoms with Gasteiger partial charge in [-0.25, -0.2) is 4.79 Å². The van der Waals surface area contributed by atoms with E-state index in [-0.39, 0.29) is 0 Å². The van der Waals surface area contributed by atoms with Crippen molar-refractivity contribution in [2.45, 2.75) is 0 Å². The Hall–Kier alpha value is -2.88. The highest BCUT2D eigenvalue weighted by Gasteiger charge is 2.22. The fourth-order valence-corrected chi connectivity index (χ4v) is 2.29. The summed E-state index contributed by atoms with van der Waals surface area (Å²) < 4.78 is 0. The first-order chi connectivity index (χ1) is 10.3. The van der Waals surface area contributed by atoms with Crippen LogP contribution in [-0.4, -0.2) is 22.6 Å². The van der Waals surface area contributed by atoms with Crippen LogP contribution in [0.4, 0.5) is 5.69 Å². The van der Waals surface area contributed by atoms with E-state index in [1.54, 1.807) is 12.3 Å². The van der Waals surface area contributed by atoms with Gasteiger partial charge in [-0.15, -0.1) is 0 Å². The van der Waals surface area contributed by atoms with Crippen molar-refractivity contribution in [2.75, 3.05) is 11.4 Å². The van der Waals surface area contributed by atoms with Crippen molar-refractivity contribution in [3.05, 3.63) is 78.1 Å². The number of carbonyl (C=O) groups is 1. The average Bonchev–Trinajstić information content (AvgIpc) is 2.56. The number of allylic oxidation sites excluding steroid dienone is 2. The van der Waals surface area contributed by atoms with Gasteiger partial charge in [0.05, 0.1) is 23.5 Å². The van der Waals surface area contributed by atoms with E-state index in [1.165, 1.54) is 0 Å². The average molecular weight is 278 g/mol. The van der Waals surface area contributed by atoms with Gasteiger partial charge in [0, 0.05) is 11.9 Å². The van der Waals surface area contributed by atoms with Gasteiger partial charge in [-0.05, 0) is 36.4 Å². The number of para-hydroxylation sites is 1. The summed E-state index contributed by atoms with van der Waals surface area (Å²) in [5.41, 5.74) is 3.02. The number of rotatable bonds is 3. The Morgan fingerprint density at radius 1 is 1.05 bits per heavy atom. The second-order valence-electron chi connectivity index (χ2n) is 4.69. The summed E-state index contributed by atoms with van der Waals surface area (Å²) in [5, 5.41) is 9.22. The van der Waals surface area contributed by atoms with Crippen LogP contribution in [0.5, 0.6) is 0 Å². The zero-order valence-corrected chi connectivity index (χ0v) is 11.3. The summed E-state index contributed by atoms with van der Waals surface area (Å²) in [6.45, 7) is 0.321. The summed E-state index contributed by atoms with van der Waals surface area (Å²) in [7, 11) is 0. The first kappa shape index (κ1) is 13.1. The van der Waals surface area contributed by atoms with Gasteiger partial charge >= 0.3 is 5.97 Å². The quantitative estimate of drug-likeness (QED) is 0.937. The first-order valence-corrected chi connectivity index (χ1v) is 6.64. The van der Waals surface area contributed by atoms with Gasteiger partial charge in [-0.3, -0.25) is 4.98 Å². The Balaban J connectivity index is 2.06. The van der Waals surface area contributed by atoms with Crippen molar-refractivity contribution in [2.24, 2.45) is 0 Å². The van der Waals surface area contributed by atoms with E-state index in [1.807, 2.05) is 59.5 Å². The number of pyridine rings is 1. The Morgan fingerprint density at radius 3 is 2.48 bits per heavy atom. The molecule has 1 aliphatic heterocycles. The lowest BCUT2D eigenvalue weighted by Crippen LogP contribution is -2.29. The molecule has 0 aliphatic carbocycles. The van der Waals surface area contributed by atoms with Crippen LogP contribution in [0.15, 0.2) is 72.5 Å². The summed E-state index contributed by atoms with van der Waals surface area (Å²) >= 11 is 0. The van der Waals surface area contributed by atoms with Crippen LogP contribution in [0.2, 0.25) is 0 Å². The summed E-state index contributed by atoms with van der Waals surface area (Å²) in [6, 6.07) is 15.4. The molecule has 1 N–H and O–H groups in total. The van der Waals surface area contributed by atoms with Gasteiger partial charge in [0.15, 0.2) is 0 Å². The number of aliphatic carboxylic acids is 1. The number of hydrogen-bond donors (Lipinski definition) is 1. The minimum Gasteiger partial charge on any atom is -0.478 e. The summed E-state index contributed by atoms with van der Waals surface area (Å²) in [5.74, 6) is -0.896. The van der Waals surface area contributed by atoms with E-state index in [4.69, 9.17) is 0 Å². The van der Waals surface area contributed by atoms with Crippen LogP contribution < -0.4 is 4.90 Å². The topological polar surface area (TPSA) is 53.4 Å². The Bertz CT molecular complexity index is 706. The van der Waals surface area contributed by atoms with E-state index in [0.717, 1.165) is 17.1 Å². The molecule has 1 aromatic heterocycles. The molecule has 104 valence electrons. The molecule has 0 bridgehead atoms. The van der Waals surface area contributed by atoms with Gasteiger partial charge in [-0.1, -0.05) is 24.3 Å². The molecule has 2 aromatic rings. The number of hydrogen-bond acceptors (Lipinski definition) is 3. The number of carboxylic acid groups (broad SMARTS) is 1. The van der Waals surface area contributed by atoms with E-state index >= 15 is 0 Å². The van der Waals surface area contributed by atoms with E-state index in [9.17, 15) is 9.90 Å². The van der Waals surface area contributed by atoms with Crippen molar-refractivity contribution in [1.82, 2.24) is 4.98 Å². The molecule has 4 nitrogen and oxygen atoms in total. The number of benzene rings is 1. The third-order valence-corrected chi connectivity index (χ3v) is 3.33. The molecule has 1 aliphatic rings. The lowest BCUT2D eigenvalue weighted by molar-refractivity contribution is -0.132. The maximum atomic E-state index is 11.2. The van der Waals surface area contributed by atoms with Gasteiger partial charge in [0.1, 0.15) is 0 Å². The van der Waals surface area contributed by atoms with Crippen LogP contribution in [0.3, 0.4) is 0 Å². The fourth-order valence-electron chi connectivity index (χ4n) is 2.29. The monoisotopic (exact) mass is 278 g/mol. The number of aromatic nitrogens is 1. The predicted octanol–water partition coefficient (Wildman–Crippen LogP) is 2.95. The Labute approximate surface area is 122 Å². The van der Waals surface area contributed by atoms with Crippen molar-refractivity contribution < 1.29 is 9.90 Å². The lowest BCUT2D eigenvalue weighted by atomic mass is 10.1. The molecule has 0 saturated heterocycles. The minimum atomic E-state index is -0.896. The van der Waals surface area contributed by atoms with Crippen molar-refractivity contribution in [3.63, 3.8) is 0 Å². The molecule has 1 aromatic carbocycles. The molecule has 0 amide bonds. The van der Waals surface area contributed by atoms with Gasteiger partial charge in [0.25, 0.3) is 0 Å². The smallest absolute Gasteiger partial charge is 0.333 e. The first-order valence-electron chi connectivity index (χ1n) is 6.64.